The second kappa shape index (κ2) is 6.12. The lowest BCUT2D eigenvalue weighted by Crippen LogP contribution is -2.36. The van der Waals surface area contributed by atoms with Gasteiger partial charge in [-0.25, -0.2) is 8.42 Å². The smallest absolute Gasteiger partial charge is 0.307 e. The van der Waals surface area contributed by atoms with E-state index in [1.165, 1.54) is 19.1 Å². The fraction of sp³-hybridized carbons (Fsp3) is 0.364. The average Bonchev–Trinajstić information content (AvgIpc) is 2.82. The van der Waals surface area contributed by atoms with Gasteiger partial charge >= 0.3 is 5.97 Å². The Morgan fingerprint density at radius 3 is 2.78 bits per heavy atom. The van der Waals surface area contributed by atoms with Gasteiger partial charge in [-0.1, -0.05) is 19.1 Å². The number of aliphatic carboxylic acids is 1. The number of carbonyl (C=O) groups is 1. The molecule has 18 heavy (non-hydrogen) atoms. The fourth-order valence-electron chi connectivity index (χ4n) is 1.34. The van der Waals surface area contributed by atoms with Crippen LogP contribution < -0.4 is 0 Å². The maximum Gasteiger partial charge on any atom is 0.307 e. The number of nitrogens with zero attached hydrogens (tertiary/aromatic N) is 1. The third kappa shape index (κ3) is 3.41. The predicted octanol–water partition coefficient (Wildman–Crippen LogP) is 1.65. The summed E-state index contributed by atoms with van der Waals surface area (Å²) in [5, 5.41) is 10.5. The van der Waals surface area contributed by atoms with Gasteiger partial charge in [0.2, 0.25) is 0 Å². The van der Waals surface area contributed by atoms with Crippen LogP contribution in [0.15, 0.2) is 34.4 Å². The molecule has 0 saturated carbocycles. The summed E-state index contributed by atoms with van der Waals surface area (Å²) in [5.74, 6) is -1.79. The highest BCUT2D eigenvalue weighted by Crippen LogP contribution is 2.21. The van der Waals surface area contributed by atoms with Crippen LogP contribution in [0.5, 0.6) is 0 Å². The minimum absolute atomic E-state index is 0.0679. The fourth-order valence-corrected chi connectivity index (χ4v) is 3.98. The van der Waals surface area contributed by atoms with Crippen LogP contribution in [0.3, 0.4) is 0 Å². The molecule has 1 unspecified atom stereocenters. The molecule has 1 atom stereocenters. The third-order valence-corrected chi connectivity index (χ3v) is 5.53. The number of rotatable bonds is 7. The lowest BCUT2D eigenvalue weighted by atomic mass is 10.2. The quantitative estimate of drug-likeness (QED) is 0.774. The number of sulfonamides is 1. The molecule has 0 aliphatic carbocycles. The molecule has 0 aliphatic heterocycles. The Morgan fingerprint density at radius 2 is 2.33 bits per heavy atom. The Labute approximate surface area is 110 Å². The number of hydrogen-bond acceptors (Lipinski definition) is 4. The molecule has 1 heterocycles. The van der Waals surface area contributed by atoms with Gasteiger partial charge in [0.15, 0.2) is 0 Å². The lowest BCUT2D eigenvalue weighted by Gasteiger charge is -2.21. The van der Waals surface area contributed by atoms with Crippen molar-refractivity contribution in [2.75, 3.05) is 13.1 Å². The monoisotopic (exact) mass is 289 g/mol. The van der Waals surface area contributed by atoms with Crippen LogP contribution in [0.1, 0.15) is 6.92 Å². The van der Waals surface area contributed by atoms with Gasteiger partial charge in [-0.05, 0) is 11.4 Å². The Balaban J connectivity index is 2.98. The van der Waals surface area contributed by atoms with Crippen LogP contribution in [0.25, 0.3) is 0 Å². The molecule has 0 aliphatic rings. The molecule has 0 spiro atoms. The molecule has 1 N–H and O–H groups in total. The van der Waals surface area contributed by atoms with E-state index in [1.807, 2.05) is 0 Å². The van der Waals surface area contributed by atoms with Crippen LogP contribution >= 0.6 is 11.3 Å². The summed E-state index contributed by atoms with van der Waals surface area (Å²) in [7, 11) is -3.63. The Morgan fingerprint density at radius 1 is 1.67 bits per heavy atom. The van der Waals surface area contributed by atoms with E-state index in [0.29, 0.717) is 0 Å². The number of carboxylic acid groups (broad SMARTS) is 1. The van der Waals surface area contributed by atoms with E-state index in [4.69, 9.17) is 5.11 Å². The van der Waals surface area contributed by atoms with Crippen molar-refractivity contribution in [3.8, 4) is 0 Å². The third-order valence-electron chi connectivity index (χ3n) is 2.32. The van der Waals surface area contributed by atoms with Crippen LogP contribution in [-0.4, -0.2) is 36.9 Å². The highest BCUT2D eigenvalue weighted by molar-refractivity contribution is 7.91. The number of thiophene rings is 1. The van der Waals surface area contributed by atoms with Gasteiger partial charge in [0.25, 0.3) is 10.0 Å². The van der Waals surface area contributed by atoms with Gasteiger partial charge in [-0.2, -0.15) is 4.31 Å². The zero-order chi connectivity index (χ0) is 13.8. The molecule has 0 fully saturated rings. The topological polar surface area (TPSA) is 74.7 Å². The van der Waals surface area contributed by atoms with E-state index in [-0.39, 0.29) is 17.3 Å². The average molecular weight is 289 g/mol. The molecule has 100 valence electrons. The van der Waals surface area contributed by atoms with Crippen molar-refractivity contribution in [2.45, 2.75) is 11.1 Å². The van der Waals surface area contributed by atoms with Crippen molar-refractivity contribution < 1.29 is 18.3 Å². The van der Waals surface area contributed by atoms with Gasteiger partial charge in [-0.15, -0.1) is 17.9 Å². The van der Waals surface area contributed by atoms with E-state index in [0.717, 1.165) is 15.6 Å². The van der Waals surface area contributed by atoms with E-state index in [9.17, 15) is 13.2 Å². The maximum atomic E-state index is 12.2. The summed E-state index contributed by atoms with van der Waals surface area (Å²) in [6.45, 7) is 5.00. The van der Waals surface area contributed by atoms with Gasteiger partial charge in [0, 0.05) is 13.1 Å². The molecule has 0 saturated heterocycles. The second-order valence-corrected chi connectivity index (χ2v) is 6.89. The number of hydrogen-bond donors (Lipinski definition) is 1. The molecular formula is C11H15NO4S2. The Bertz CT molecular complexity index is 507. The van der Waals surface area contributed by atoms with Crippen molar-refractivity contribution in [1.82, 2.24) is 4.31 Å². The summed E-state index contributed by atoms with van der Waals surface area (Å²) >= 11 is 1.11. The second-order valence-electron chi connectivity index (χ2n) is 3.78. The zero-order valence-electron chi connectivity index (χ0n) is 9.94. The van der Waals surface area contributed by atoms with Crippen LogP contribution in [0.4, 0.5) is 0 Å². The van der Waals surface area contributed by atoms with E-state index in [1.54, 1.807) is 11.4 Å². The lowest BCUT2D eigenvalue weighted by molar-refractivity contribution is -0.141. The van der Waals surface area contributed by atoms with Gasteiger partial charge in [0.05, 0.1) is 5.92 Å². The summed E-state index contributed by atoms with van der Waals surface area (Å²) in [5.41, 5.74) is 0. The molecule has 1 aromatic rings. The standard InChI is InChI=1S/C11H15NO4S2/c1-3-6-12(8-9(2)11(13)14)18(15,16)10-5-4-7-17-10/h3-5,7,9H,1,6,8H2,2H3,(H,13,14). The zero-order valence-corrected chi connectivity index (χ0v) is 11.6. The molecule has 7 heteroatoms. The van der Waals surface area contributed by atoms with E-state index < -0.39 is 21.9 Å². The van der Waals surface area contributed by atoms with E-state index in [2.05, 4.69) is 6.58 Å². The predicted molar refractivity (Wildman–Crippen MR) is 70.1 cm³/mol. The highest BCUT2D eigenvalue weighted by Gasteiger charge is 2.27. The molecular weight excluding hydrogens is 274 g/mol. The summed E-state index contributed by atoms with van der Waals surface area (Å²) in [6, 6.07) is 3.14. The largest absolute Gasteiger partial charge is 0.481 e. The minimum atomic E-state index is -3.63. The molecule has 0 radical (unpaired) electrons. The first-order valence-electron chi connectivity index (χ1n) is 5.27. The molecule has 0 bridgehead atoms. The van der Waals surface area contributed by atoms with Gasteiger partial charge in [0.1, 0.15) is 4.21 Å². The van der Waals surface area contributed by atoms with Crippen LogP contribution in [0.2, 0.25) is 0 Å². The van der Waals surface area contributed by atoms with Crippen molar-refractivity contribution in [1.29, 1.82) is 0 Å². The first kappa shape index (κ1) is 14.9. The summed E-state index contributed by atoms with van der Waals surface area (Å²) < 4.78 is 25.8. The Hall–Kier alpha value is -1.18. The molecule has 5 nitrogen and oxygen atoms in total. The first-order valence-corrected chi connectivity index (χ1v) is 7.59. The van der Waals surface area contributed by atoms with Crippen molar-refractivity contribution >= 4 is 27.3 Å². The summed E-state index contributed by atoms with van der Waals surface area (Å²) in [4.78, 5) is 10.8. The van der Waals surface area contributed by atoms with Crippen LogP contribution in [-0.2, 0) is 14.8 Å². The van der Waals surface area contributed by atoms with E-state index >= 15 is 0 Å². The molecule has 1 rings (SSSR count). The SMILES string of the molecule is C=CCN(CC(C)C(=O)O)S(=O)(=O)c1cccs1. The van der Waals surface area contributed by atoms with Crippen molar-refractivity contribution in [3.63, 3.8) is 0 Å². The highest BCUT2D eigenvalue weighted by atomic mass is 32.2. The van der Waals surface area contributed by atoms with Crippen molar-refractivity contribution in [2.24, 2.45) is 5.92 Å². The molecule has 1 aromatic heterocycles. The minimum Gasteiger partial charge on any atom is -0.481 e. The number of carboxylic acids is 1. The molecule has 0 aromatic carbocycles. The first-order chi connectivity index (χ1) is 8.39. The van der Waals surface area contributed by atoms with Crippen LogP contribution in [0, 0.1) is 5.92 Å². The molecule has 0 amide bonds. The summed E-state index contributed by atoms with van der Waals surface area (Å²) in [6.07, 6.45) is 1.44. The van der Waals surface area contributed by atoms with Gasteiger partial charge in [-0.3, -0.25) is 4.79 Å². The Kier molecular flexibility index (Phi) is 5.06. The maximum absolute atomic E-state index is 12.2. The normalized spacial score (nSPS) is 13.4. The van der Waals surface area contributed by atoms with Gasteiger partial charge < -0.3 is 5.11 Å². The van der Waals surface area contributed by atoms with Crippen molar-refractivity contribution in [3.05, 3.63) is 30.2 Å².